The first-order valence-corrected chi connectivity index (χ1v) is 9.34. The number of hydrogen-bond acceptors (Lipinski definition) is 3. The number of guanidine groups is 1. The molecular formula is C18H29BrIN3O2. The van der Waals surface area contributed by atoms with Crippen LogP contribution in [0.3, 0.4) is 0 Å². The fraction of sp³-hybridized carbons (Fsp3) is 0.611. The minimum atomic E-state index is 0. The lowest BCUT2D eigenvalue weighted by Gasteiger charge is -2.22. The largest absolute Gasteiger partial charge is 0.379 e. The summed E-state index contributed by atoms with van der Waals surface area (Å²) in [6.45, 7) is 4.03. The summed E-state index contributed by atoms with van der Waals surface area (Å²) >= 11 is 3.46. The van der Waals surface area contributed by atoms with Gasteiger partial charge in [0, 0.05) is 44.9 Å². The lowest BCUT2D eigenvalue weighted by molar-refractivity contribution is 0.0168. The van der Waals surface area contributed by atoms with E-state index in [2.05, 4.69) is 55.4 Å². The van der Waals surface area contributed by atoms with Crippen molar-refractivity contribution in [2.45, 2.75) is 31.9 Å². The minimum Gasteiger partial charge on any atom is -0.379 e. The maximum absolute atomic E-state index is 5.68. The molecular weight excluding hydrogens is 497 g/mol. The van der Waals surface area contributed by atoms with Gasteiger partial charge in [-0.25, -0.2) is 0 Å². The van der Waals surface area contributed by atoms with E-state index in [1.807, 2.05) is 14.1 Å². The summed E-state index contributed by atoms with van der Waals surface area (Å²) in [6, 6.07) is 8.36. The van der Waals surface area contributed by atoms with Gasteiger partial charge < -0.3 is 19.7 Å². The number of nitrogens with one attached hydrogen (secondary N) is 1. The van der Waals surface area contributed by atoms with Crippen LogP contribution in [0.15, 0.2) is 33.7 Å². The van der Waals surface area contributed by atoms with Gasteiger partial charge in [-0.2, -0.15) is 0 Å². The highest BCUT2D eigenvalue weighted by molar-refractivity contribution is 14.0. The summed E-state index contributed by atoms with van der Waals surface area (Å²) in [6.07, 6.45) is 3.56. The number of ether oxygens (including phenoxy) is 2. The van der Waals surface area contributed by atoms with Crippen LogP contribution in [0, 0.1) is 0 Å². The van der Waals surface area contributed by atoms with Crippen molar-refractivity contribution in [1.29, 1.82) is 0 Å². The molecule has 1 saturated heterocycles. The standard InChI is InChI=1S/C18H28BrN3O2.HI/c1-20-18(22(2)13-15-6-8-16(19)9-7-15)21-10-4-11-23-14-17-5-3-12-24-17;/h6-9,17H,3-5,10-14H2,1-2H3,(H,20,21);1H. The van der Waals surface area contributed by atoms with Gasteiger partial charge >= 0.3 is 0 Å². The van der Waals surface area contributed by atoms with Crippen molar-refractivity contribution in [1.82, 2.24) is 10.2 Å². The molecule has 142 valence electrons. The smallest absolute Gasteiger partial charge is 0.193 e. The first-order valence-electron chi connectivity index (χ1n) is 8.54. The highest BCUT2D eigenvalue weighted by Crippen LogP contribution is 2.12. The Morgan fingerprint density at radius 3 is 2.80 bits per heavy atom. The molecule has 1 unspecified atom stereocenters. The van der Waals surface area contributed by atoms with E-state index in [-0.39, 0.29) is 24.0 Å². The highest BCUT2D eigenvalue weighted by atomic mass is 127. The maximum atomic E-state index is 5.68. The van der Waals surface area contributed by atoms with Crippen molar-refractivity contribution < 1.29 is 9.47 Å². The lowest BCUT2D eigenvalue weighted by Crippen LogP contribution is -2.39. The Kier molecular flexibility index (Phi) is 11.7. The van der Waals surface area contributed by atoms with Gasteiger partial charge in [-0.3, -0.25) is 4.99 Å². The molecule has 1 aliphatic heterocycles. The predicted octanol–water partition coefficient (Wildman–Crippen LogP) is 3.66. The molecule has 1 atom stereocenters. The van der Waals surface area contributed by atoms with E-state index in [0.717, 1.165) is 62.6 Å². The second-order valence-corrected chi connectivity index (χ2v) is 6.94. The summed E-state index contributed by atoms with van der Waals surface area (Å²) in [5.41, 5.74) is 1.25. The molecule has 1 N–H and O–H groups in total. The van der Waals surface area contributed by atoms with Crippen molar-refractivity contribution in [2.24, 2.45) is 4.99 Å². The monoisotopic (exact) mass is 525 g/mol. The third-order valence-corrected chi connectivity index (χ3v) is 4.51. The lowest BCUT2D eigenvalue weighted by atomic mass is 10.2. The Morgan fingerprint density at radius 1 is 1.40 bits per heavy atom. The van der Waals surface area contributed by atoms with Crippen molar-refractivity contribution >= 4 is 45.9 Å². The molecule has 0 bridgehead atoms. The zero-order chi connectivity index (χ0) is 17.2. The summed E-state index contributed by atoms with van der Waals surface area (Å²) in [4.78, 5) is 6.47. The van der Waals surface area contributed by atoms with Gasteiger partial charge in [0.25, 0.3) is 0 Å². The van der Waals surface area contributed by atoms with Crippen LogP contribution < -0.4 is 5.32 Å². The van der Waals surface area contributed by atoms with Gasteiger partial charge in [-0.05, 0) is 37.0 Å². The van der Waals surface area contributed by atoms with E-state index in [4.69, 9.17) is 9.47 Å². The minimum absolute atomic E-state index is 0. The molecule has 7 heteroatoms. The second kappa shape index (κ2) is 12.9. The number of rotatable bonds is 8. The zero-order valence-corrected chi connectivity index (χ0v) is 19.0. The van der Waals surface area contributed by atoms with Crippen LogP contribution in [0.1, 0.15) is 24.8 Å². The van der Waals surface area contributed by atoms with Gasteiger partial charge in [0.2, 0.25) is 0 Å². The van der Waals surface area contributed by atoms with Crippen molar-refractivity contribution in [3.8, 4) is 0 Å². The van der Waals surface area contributed by atoms with E-state index >= 15 is 0 Å². The number of hydrogen-bond donors (Lipinski definition) is 1. The highest BCUT2D eigenvalue weighted by Gasteiger charge is 2.15. The summed E-state index contributed by atoms with van der Waals surface area (Å²) in [7, 11) is 3.86. The summed E-state index contributed by atoms with van der Waals surface area (Å²) in [5.74, 6) is 0.900. The third-order valence-electron chi connectivity index (χ3n) is 3.98. The van der Waals surface area contributed by atoms with E-state index in [9.17, 15) is 0 Å². The first kappa shape index (κ1) is 22.7. The summed E-state index contributed by atoms with van der Waals surface area (Å²) in [5, 5.41) is 3.38. The van der Waals surface area contributed by atoms with E-state index < -0.39 is 0 Å². The van der Waals surface area contributed by atoms with Crippen LogP contribution in [0.4, 0.5) is 0 Å². The van der Waals surface area contributed by atoms with Gasteiger partial charge in [-0.1, -0.05) is 28.1 Å². The molecule has 0 aromatic heterocycles. The van der Waals surface area contributed by atoms with E-state index in [1.165, 1.54) is 5.56 Å². The quantitative estimate of drug-likeness (QED) is 0.243. The molecule has 0 aliphatic carbocycles. The fourth-order valence-corrected chi connectivity index (χ4v) is 2.95. The zero-order valence-electron chi connectivity index (χ0n) is 15.0. The topological polar surface area (TPSA) is 46.1 Å². The van der Waals surface area contributed by atoms with Crippen molar-refractivity contribution in [2.75, 3.05) is 40.5 Å². The molecule has 25 heavy (non-hydrogen) atoms. The molecule has 0 amide bonds. The van der Waals surface area contributed by atoms with Gasteiger partial charge in [0.05, 0.1) is 12.7 Å². The molecule has 0 radical (unpaired) electrons. The Hall–Kier alpha value is -0.380. The molecule has 5 nitrogen and oxygen atoms in total. The molecule has 1 fully saturated rings. The second-order valence-electron chi connectivity index (χ2n) is 6.02. The molecule has 0 spiro atoms. The first-order chi connectivity index (χ1) is 11.7. The van der Waals surface area contributed by atoms with Crippen LogP contribution in [0.25, 0.3) is 0 Å². The molecule has 0 saturated carbocycles. The third kappa shape index (κ3) is 8.70. The fourth-order valence-electron chi connectivity index (χ4n) is 2.69. The van der Waals surface area contributed by atoms with E-state index in [0.29, 0.717) is 6.10 Å². The van der Waals surface area contributed by atoms with Gasteiger partial charge in [-0.15, -0.1) is 24.0 Å². The normalized spacial score (nSPS) is 17.2. The van der Waals surface area contributed by atoms with Crippen LogP contribution in [-0.2, 0) is 16.0 Å². The number of aliphatic imine (C=N–C) groups is 1. The van der Waals surface area contributed by atoms with Crippen LogP contribution >= 0.6 is 39.9 Å². The average Bonchev–Trinajstić information content (AvgIpc) is 3.09. The van der Waals surface area contributed by atoms with Crippen molar-refractivity contribution in [3.05, 3.63) is 34.3 Å². The predicted molar refractivity (Wildman–Crippen MR) is 117 cm³/mol. The molecule has 1 aromatic carbocycles. The molecule has 1 aromatic rings. The van der Waals surface area contributed by atoms with Crippen LogP contribution in [0.2, 0.25) is 0 Å². The SMILES string of the molecule is CN=C(NCCCOCC1CCCO1)N(C)Cc1ccc(Br)cc1.I. The Balaban J connectivity index is 0.00000312. The summed E-state index contributed by atoms with van der Waals surface area (Å²) < 4.78 is 12.3. The Labute approximate surface area is 176 Å². The van der Waals surface area contributed by atoms with Gasteiger partial charge in [0.15, 0.2) is 5.96 Å². The Bertz CT molecular complexity index is 508. The molecule has 2 rings (SSSR count). The molecule has 1 heterocycles. The number of halogens is 2. The van der Waals surface area contributed by atoms with Crippen molar-refractivity contribution in [3.63, 3.8) is 0 Å². The molecule has 1 aliphatic rings. The Morgan fingerprint density at radius 2 is 2.16 bits per heavy atom. The van der Waals surface area contributed by atoms with E-state index in [1.54, 1.807) is 0 Å². The maximum Gasteiger partial charge on any atom is 0.193 e. The average molecular weight is 526 g/mol. The number of nitrogens with zero attached hydrogens (tertiary/aromatic N) is 2. The van der Waals surface area contributed by atoms with Crippen LogP contribution in [0.5, 0.6) is 0 Å². The van der Waals surface area contributed by atoms with Gasteiger partial charge in [0.1, 0.15) is 0 Å². The number of benzene rings is 1. The van der Waals surface area contributed by atoms with Crippen LogP contribution in [-0.4, -0.2) is 57.4 Å².